The number of nitrogens with zero attached hydrogens (tertiary/aromatic N) is 1. The van der Waals surface area contributed by atoms with Crippen molar-refractivity contribution < 1.29 is 19.2 Å². The van der Waals surface area contributed by atoms with E-state index in [0.717, 1.165) is 19.3 Å². The first kappa shape index (κ1) is 19.1. The fourth-order valence-corrected chi connectivity index (χ4v) is 2.35. The number of nitro groups is 1. The number of nitro benzene ring substituents is 1. The van der Waals surface area contributed by atoms with Gasteiger partial charge >= 0.3 is 5.97 Å². The van der Waals surface area contributed by atoms with Crippen LogP contribution in [0.15, 0.2) is 48.5 Å². The molecule has 1 N–H and O–H groups in total. The highest BCUT2D eigenvalue weighted by Crippen LogP contribution is 2.18. The van der Waals surface area contributed by atoms with E-state index in [2.05, 4.69) is 12.2 Å². The molecule has 7 nitrogen and oxygen atoms in total. The SMILES string of the molecule is CCCCc1ccc(NC(=O)COC(=O)c2ccccc2[N+](=O)[O-])cc1. The molecule has 0 heterocycles. The van der Waals surface area contributed by atoms with Crippen molar-refractivity contribution in [3.63, 3.8) is 0 Å². The Bertz CT molecular complexity index is 787. The number of amides is 1. The van der Waals surface area contributed by atoms with Crippen molar-refractivity contribution >= 4 is 23.3 Å². The minimum absolute atomic E-state index is 0.189. The molecule has 136 valence electrons. The van der Waals surface area contributed by atoms with Crippen LogP contribution in [0.4, 0.5) is 11.4 Å². The topological polar surface area (TPSA) is 98.5 Å². The fourth-order valence-electron chi connectivity index (χ4n) is 2.35. The number of nitrogens with one attached hydrogen (secondary N) is 1. The number of hydrogen-bond donors (Lipinski definition) is 1. The maximum atomic E-state index is 12.0. The maximum Gasteiger partial charge on any atom is 0.345 e. The Hall–Kier alpha value is -3.22. The molecule has 0 fully saturated rings. The van der Waals surface area contributed by atoms with Crippen molar-refractivity contribution in [2.45, 2.75) is 26.2 Å². The molecular formula is C19H20N2O5. The van der Waals surface area contributed by atoms with Gasteiger partial charge in [-0.15, -0.1) is 0 Å². The zero-order chi connectivity index (χ0) is 18.9. The average Bonchev–Trinajstić information content (AvgIpc) is 2.65. The molecule has 0 aromatic heterocycles. The van der Waals surface area contributed by atoms with Gasteiger partial charge in [0.25, 0.3) is 11.6 Å². The predicted molar refractivity (Wildman–Crippen MR) is 97.1 cm³/mol. The Morgan fingerprint density at radius 2 is 1.81 bits per heavy atom. The quantitative estimate of drug-likeness (QED) is 0.441. The average molecular weight is 356 g/mol. The number of unbranched alkanes of at least 4 members (excludes halogenated alkanes) is 1. The van der Waals surface area contributed by atoms with Crippen molar-refractivity contribution in [1.29, 1.82) is 0 Å². The van der Waals surface area contributed by atoms with E-state index in [0.29, 0.717) is 5.69 Å². The summed E-state index contributed by atoms with van der Waals surface area (Å²) in [6.45, 7) is 1.60. The smallest absolute Gasteiger partial charge is 0.345 e. The van der Waals surface area contributed by atoms with E-state index in [9.17, 15) is 19.7 Å². The highest BCUT2D eigenvalue weighted by Gasteiger charge is 2.21. The first-order valence-electron chi connectivity index (χ1n) is 8.30. The van der Waals surface area contributed by atoms with Gasteiger partial charge in [0.05, 0.1) is 4.92 Å². The number of ether oxygens (including phenoxy) is 1. The number of benzene rings is 2. The lowest BCUT2D eigenvalue weighted by Crippen LogP contribution is -2.21. The van der Waals surface area contributed by atoms with E-state index >= 15 is 0 Å². The minimum Gasteiger partial charge on any atom is -0.452 e. The monoisotopic (exact) mass is 356 g/mol. The third-order valence-corrected chi connectivity index (χ3v) is 3.71. The summed E-state index contributed by atoms with van der Waals surface area (Å²) in [5.74, 6) is -1.43. The second kappa shape index (κ2) is 9.31. The van der Waals surface area contributed by atoms with Gasteiger partial charge in [-0.1, -0.05) is 37.6 Å². The predicted octanol–water partition coefficient (Wildman–Crippen LogP) is 3.73. The molecule has 2 aromatic carbocycles. The number of carbonyl (C=O) groups is 2. The first-order chi connectivity index (χ1) is 12.5. The number of carbonyl (C=O) groups excluding carboxylic acids is 2. The molecule has 0 spiro atoms. The third-order valence-electron chi connectivity index (χ3n) is 3.71. The molecule has 0 unspecified atom stereocenters. The van der Waals surface area contributed by atoms with Gasteiger partial charge in [0.1, 0.15) is 5.56 Å². The highest BCUT2D eigenvalue weighted by molar-refractivity contribution is 5.97. The second-order valence-corrected chi connectivity index (χ2v) is 5.70. The summed E-state index contributed by atoms with van der Waals surface area (Å²) in [5, 5.41) is 13.5. The lowest BCUT2D eigenvalue weighted by molar-refractivity contribution is -0.385. The number of rotatable bonds is 8. The maximum absolute atomic E-state index is 12.0. The van der Waals surface area contributed by atoms with E-state index in [4.69, 9.17) is 4.74 Å². The van der Waals surface area contributed by atoms with Crippen LogP contribution >= 0.6 is 0 Å². The molecule has 0 radical (unpaired) electrons. The number of aryl methyl sites for hydroxylation is 1. The zero-order valence-corrected chi connectivity index (χ0v) is 14.4. The minimum atomic E-state index is -0.914. The summed E-state index contributed by atoms with van der Waals surface area (Å²) in [4.78, 5) is 34.1. The van der Waals surface area contributed by atoms with E-state index in [1.807, 2.05) is 12.1 Å². The molecule has 7 heteroatoms. The number of esters is 1. The van der Waals surface area contributed by atoms with E-state index in [-0.39, 0.29) is 11.3 Å². The van der Waals surface area contributed by atoms with Gasteiger partial charge in [0.15, 0.2) is 6.61 Å². The summed E-state index contributed by atoms with van der Waals surface area (Å²) in [7, 11) is 0. The zero-order valence-electron chi connectivity index (χ0n) is 14.4. The Kier molecular flexibility index (Phi) is 6.84. The normalized spacial score (nSPS) is 10.2. The second-order valence-electron chi connectivity index (χ2n) is 5.70. The van der Waals surface area contributed by atoms with Gasteiger partial charge in [-0.05, 0) is 36.6 Å². The number of hydrogen-bond acceptors (Lipinski definition) is 5. The number of para-hydroxylation sites is 1. The van der Waals surface area contributed by atoms with Crippen molar-refractivity contribution in [3.05, 3.63) is 69.8 Å². The molecule has 0 saturated carbocycles. The van der Waals surface area contributed by atoms with Gasteiger partial charge in [0.2, 0.25) is 0 Å². The van der Waals surface area contributed by atoms with Crippen molar-refractivity contribution in [3.8, 4) is 0 Å². The lowest BCUT2D eigenvalue weighted by Gasteiger charge is -2.08. The van der Waals surface area contributed by atoms with Gasteiger partial charge in [-0.3, -0.25) is 14.9 Å². The van der Waals surface area contributed by atoms with Crippen molar-refractivity contribution in [2.24, 2.45) is 0 Å². The summed E-state index contributed by atoms with van der Waals surface area (Å²) < 4.78 is 4.87. The molecule has 26 heavy (non-hydrogen) atoms. The van der Waals surface area contributed by atoms with Gasteiger partial charge in [-0.25, -0.2) is 4.79 Å². The largest absolute Gasteiger partial charge is 0.452 e. The fraction of sp³-hybridized carbons (Fsp3) is 0.263. The highest BCUT2D eigenvalue weighted by atomic mass is 16.6. The first-order valence-corrected chi connectivity index (χ1v) is 8.30. The van der Waals surface area contributed by atoms with E-state index in [1.54, 1.807) is 12.1 Å². The van der Waals surface area contributed by atoms with Crippen LogP contribution in [0.25, 0.3) is 0 Å². The van der Waals surface area contributed by atoms with Crippen molar-refractivity contribution in [2.75, 3.05) is 11.9 Å². The molecule has 0 atom stereocenters. The Morgan fingerprint density at radius 1 is 1.12 bits per heavy atom. The van der Waals surface area contributed by atoms with Crippen LogP contribution in [-0.2, 0) is 16.0 Å². The Balaban J connectivity index is 1.89. The molecule has 0 saturated heterocycles. The Morgan fingerprint density at radius 3 is 2.46 bits per heavy atom. The van der Waals surface area contributed by atoms with Gasteiger partial charge < -0.3 is 10.1 Å². The van der Waals surface area contributed by atoms with Crippen LogP contribution in [-0.4, -0.2) is 23.4 Å². The van der Waals surface area contributed by atoms with E-state index < -0.39 is 23.4 Å². The Labute approximate surface area is 151 Å². The molecule has 0 aliphatic carbocycles. The summed E-state index contributed by atoms with van der Waals surface area (Å²) in [6, 6.07) is 12.9. The van der Waals surface area contributed by atoms with Crippen LogP contribution in [0.5, 0.6) is 0 Å². The van der Waals surface area contributed by atoms with E-state index in [1.165, 1.54) is 29.8 Å². The van der Waals surface area contributed by atoms with Crippen LogP contribution in [0.2, 0.25) is 0 Å². The standard InChI is InChI=1S/C19H20N2O5/c1-2-3-6-14-9-11-15(12-10-14)20-18(22)13-26-19(23)16-7-4-5-8-17(16)21(24)25/h4-5,7-12H,2-3,6,13H2,1H3,(H,20,22). The molecule has 0 aliphatic heterocycles. The third kappa shape index (κ3) is 5.41. The van der Waals surface area contributed by atoms with Crippen LogP contribution < -0.4 is 5.32 Å². The summed E-state index contributed by atoms with van der Waals surface area (Å²) in [5.41, 5.74) is 1.23. The molecular weight excluding hydrogens is 336 g/mol. The van der Waals surface area contributed by atoms with Gasteiger partial charge in [0, 0.05) is 11.8 Å². The van der Waals surface area contributed by atoms with Crippen LogP contribution in [0, 0.1) is 10.1 Å². The molecule has 1 amide bonds. The molecule has 0 bridgehead atoms. The summed E-state index contributed by atoms with van der Waals surface area (Å²) in [6.07, 6.45) is 3.20. The number of anilines is 1. The summed E-state index contributed by atoms with van der Waals surface area (Å²) >= 11 is 0. The van der Waals surface area contributed by atoms with Gasteiger partial charge in [-0.2, -0.15) is 0 Å². The molecule has 0 aliphatic rings. The molecule has 2 rings (SSSR count). The lowest BCUT2D eigenvalue weighted by atomic mass is 10.1. The molecule has 2 aromatic rings. The van der Waals surface area contributed by atoms with Crippen molar-refractivity contribution in [1.82, 2.24) is 0 Å². The van der Waals surface area contributed by atoms with Crippen LogP contribution in [0.3, 0.4) is 0 Å². The van der Waals surface area contributed by atoms with Crippen LogP contribution in [0.1, 0.15) is 35.7 Å².